The van der Waals surface area contributed by atoms with Crippen molar-refractivity contribution in [2.45, 2.75) is 38.5 Å². The molecule has 0 spiro atoms. The third-order valence-electron chi connectivity index (χ3n) is 6.21. The van der Waals surface area contributed by atoms with Gasteiger partial charge in [0.05, 0.1) is 26.1 Å². The van der Waals surface area contributed by atoms with Crippen molar-refractivity contribution in [1.82, 2.24) is 0 Å². The molecule has 1 aliphatic heterocycles. The van der Waals surface area contributed by atoms with Crippen LogP contribution in [0.4, 0.5) is 0 Å². The van der Waals surface area contributed by atoms with Crippen molar-refractivity contribution in [2.75, 3.05) is 13.7 Å². The average Bonchev–Trinajstić information content (AvgIpc) is 2.91. The summed E-state index contributed by atoms with van der Waals surface area (Å²) in [5, 5.41) is 10.5. The Morgan fingerprint density at radius 1 is 1.08 bits per heavy atom. The van der Waals surface area contributed by atoms with Gasteiger partial charge in [-0.3, -0.25) is 4.79 Å². The standard InChI is InChI=1S/C30H29ClN2O5/c1-3-4-5-14-36-25-13-8-20(16-27(25)35-2)29-23-12-11-22(17-26(23)38-30(33)24(29)18-32)37-28(34)15-19-6-9-21(31)10-7-19/h6-13,16-17,29H,3-5,14-15,33H2,1-2H3. The van der Waals surface area contributed by atoms with E-state index in [0.717, 1.165) is 30.4 Å². The van der Waals surface area contributed by atoms with Gasteiger partial charge in [0.15, 0.2) is 11.5 Å². The molecule has 7 nitrogen and oxygen atoms in total. The Bertz CT molecular complexity index is 1380. The molecule has 0 amide bonds. The number of carbonyl (C=O) groups is 1. The van der Waals surface area contributed by atoms with Crippen LogP contribution in [0.2, 0.25) is 5.02 Å². The Morgan fingerprint density at radius 2 is 1.87 bits per heavy atom. The van der Waals surface area contributed by atoms with Gasteiger partial charge in [0.1, 0.15) is 23.1 Å². The van der Waals surface area contributed by atoms with E-state index >= 15 is 0 Å². The van der Waals surface area contributed by atoms with Crippen LogP contribution >= 0.6 is 11.6 Å². The maximum absolute atomic E-state index is 12.5. The lowest BCUT2D eigenvalue weighted by atomic mass is 9.83. The van der Waals surface area contributed by atoms with Gasteiger partial charge in [-0.25, -0.2) is 0 Å². The highest BCUT2D eigenvalue weighted by Gasteiger charge is 2.31. The van der Waals surface area contributed by atoms with Crippen molar-refractivity contribution in [2.24, 2.45) is 5.73 Å². The minimum Gasteiger partial charge on any atom is -0.493 e. The molecular weight excluding hydrogens is 504 g/mol. The molecule has 1 aliphatic rings. The smallest absolute Gasteiger partial charge is 0.315 e. The molecule has 1 atom stereocenters. The molecule has 0 radical (unpaired) electrons. The molecule has 0 bridgehead atoms. The second-order valence-corrected chi connectivity index (χ2v) is 9.30. The van der Waals surface area contributed by atoms with E-state index in [9.17, 15) is 10.1 Å². The summed E-state index contributed by atoms with van der Waals surface area (Å²) in [5.41, 5.74) is 8.72. The van der Waals surface area contributed by atoms with Gasteiger partial charge in [-0.05, 0) is 47.9 Å². The lowest BCUT2D eigenvalue weighted by Crippen LogP contribution is -2.21. The maximum Gasteiger partial charge on any atom is 0.315 e. The molecule has 2 N–H and O–H groups in total. The molecule has 1 heterocycles. The number of methoxy groups -OCH3 is 1. The molecular formula is C30H29ClN2O5. The minimum atomic E-state index is -0.495. The van der Waals surface area contributed by atoms with Crippen LogP contribution in [0.15, 0.2) is 72.1 Å². The number of nitrogens with two attached hydrogens (primary N) is 1. The predicted octanol–water partition coefficient (Wildman–Crippen LogP) is 6.28. The summed E-state index contributed by atoms with van der Waals surface area (Å²) >= 11 is 5.91. The maximum atomic E-state index is 12.5. The molecule has 0 fully saturated rings. The first-order valence-electron chi connectivity index (χ1n) is 12.4. The Labute approximate surface area is 227 Å². The highest BCUT2D eigenvalue weighted by atomic mass is 35.5. The van der Waals surface area contributed by atoms with Gasteiger partial charge in [-0.15, -0.1) is 0 Å². The number of unbranched alkanes of at least 4 members (excludes halogenated alkanes) is 2. The second kappa shape index (κ2) is 12.4. The number of hydrogen-bond acceptors (Lipinski definition) is 7. The van der Waals surface area contributed by atoms with E-state index in [1.807, 2.05) is 18.2 Å². The highest BCUT2D eigenvalue weighted by molar-refractivity contribution is 6.30. The van der Waals surface area contributed by atoms with E-state index in [2.05, 4.69) is 13.0 Å². The van der Waals surface area contributed by atoms with Crippen LogP contribution in [0.5, 0.6) is 23.0 Å². The van der Waals surface area contributed by atoms with E-state index in [-0.39, 0.29) is 17.9 Å². The number of esters is 1. The van der Waals surface area contributed by atoms with Crippen LogP contribution in [-0.4, -0.2) is 19.7 Å². The van der Waals surface area contributed by atoms with Gasteiger partial charge < -0.3 is 24.7 Å². The monoisotopic (exact) mass is 532 g/mol. The van der Waals surface area contributed by atoms with Crippen LogP contribution in [0.1, 0.15) is 48.8 Å². The van der Waals surface area contributed by atoms with E-state index in [0.29, 0.717) is 40.2 Å². The molecule has 4 rings (SSSR count). The SMILES string of the molecule is CCCCCOc1ccc(C2C(C#N)=C(N)Oc3cc(OC(=O)Cc4ccc(Cl)cc4)ccc32)cc1OC. The molecule has 0 aromatic heterocycles. The van der Waals surface area contributed by atoms with Crippen molar-refractivity contribution in [1.29, 1.82) is 5.26 Å². The number of benzene rings is 3. The van der Waals surface area contributed by atoms with Gasteiger partial charge >= 0.3 is 5.97 Å². The fraction of sp³-hybridized carbons (Fsp3) is 0.267. The number of carbonyl (C=O) groups excluding carboxylic acids is 1. The fourth-order valence-corrected chi connectivity index (χ4v) is 4.42. The molecule has 38 heavy (non-hydrogen) atoms. The van der Waals surface area contributed by atoms with E-state index in [4.69, 9.17) is 36.3 Å². The van der Waals surface area contributed by atoms with Crippen molar-refractivity contribution in [3.05, 3.63) is 93.8 Å². The van der Waals surface area contributed by atoms with Crippen molar-refractivity contribution < 1.29 is 23.7 Å². The van der Waals surface area contributed by atoms with Gasteiger partial charge in [0.25, 0.3) is 0 Å². The van der Waals surface area contributed by atoms with Crippen molar-refractivity contribution >= 4 is 17.6 Å². The quantitative estimate of drug-likeness (QED) is 0.186. The van der Waals surface area contributed by atoms with Gasteiger partial charge in [-0.2, -0.15) is 5.26 Å². The van der Waals surface area contributed by atoms with Gasteiger partial charge in [-0.1, -0.05) is 55.6 Å². The topological polar surface area (TPSA) is 104 Å². The molecule has 8 heteroatoms. The normalized spacial score (nSPS) is 14.2. The number of allylic oxidation sites excluding steroid dienone is 1. The van der Waals surface area contributed by atoms with Gasteiger partial charge in [0.2, 0.25) is 5.88 Å². The zero-order valence-corrected chi connectivity index (χ0v) is 22.1. The summed E-state index contributed by atoms with van der Waals surface area (Å²) in [6.07, 6.45) is 3.24. The van der Waals surface area contributed by atoms with E-state index < -0.39 is 11.9 Å². The Morgan fingerprint density at radius 3 is 2.58 bits per heavy atom. The third-order valence-corrected chi connectivity index (χ3v) is 6.46. The lowest BCUT2D eigenvalue weighted by Gasteiger charge is -2.27. The molecule has 0 saturated heterocycles. The molecule has 3 aromatic carbocycles. The summed E-state index contributed by atoms with van der Waals surface area (Å²) in [7, 11) is 1.58. The molecule has 1 unspecified atom stereocenters. The van der Waals surface area contributed by atoms with Crippen LogP contribution in [0.3, 0.4) is 0 Å². The van der Waals surface area contributed by atoms with Crippen LogP contribution < -0.4 is 24.7 Å². The summed E-state index contributed by atoms with van der Waals surface area (Å²) in [5.74, 6) is 0.984. The van der Waals surface area contributed by atoms with E-state index in [1.165, 1.54) is 0 Å². The zero-order chi connectivity index (χ0) is 27.1. The molecule has 3 aromatic rings. The first-order valence-corrected chi connectivity index (χ1v) is 12.8. The minimum absolute atomic E-state index is 0.00602. The summed E-state index contributed by atoms with van der Waals surface area (Å²) in [6.45, 7) is 2.74. The van der Waals surface area contributed by atoms with Gasteiger partial charge in [0, 0.05) is 16.7 Å². The number of hydrogen-bond donors (Lipinski definition) is 1. The van der Waals surface area contributed by atoms with Crippen molar-refractivity contribution in [3.8, 4) is 29.1 Å². The Hall–Kier alpha value is -4.15. The molecule has 196 valence electrons. The Kier molecular flexibility index (Phi) is 8.77. The van der Waals surface area contributed by atoms with Crippen LogP contribution in [-0.2, 0) is 11.2 Å². The number of rotatable bonds is 10. The molecule has 0 aliphatic carbocycles. The van der Waals surface area contributed by atoms with Crippen molar-refractivity contribution in [3.63, 3.8) is 0 Å². The lowest BCUT2D eigenvalue weighted by molar-refractivity contribution is -0.133. The number of nitriles is 1. The number of fused-ring (bicyclic) bond motifs is 1. The summed E-state index contributed by atoms with van der Waals surface area (Å²) < 4.78 is 22.8. The zero-order valence-electron chi connectivity index (χ0n) is 21.3. The highest BCUT2D eigenvalue weighted by Crippen LogP contribution is 2.45. The number of ether oxygens (including phenoxy) is 4. The second-order valence-electron chi connectivity index (χ2n) is 8.87. The first-order chi connectivity index (χ1) is 18.4. The molecule has 0 saturated carbocycles. The number of halogens is 1. The largest absolute Gasteiger partial charge is 0.493 e. The number of nitrogens with zero attached hydrogens (tertiary/aromatic N) is 1. The van der Waals surface area contributed by atoms with Crippen LogP contribution in [0, 0.1) is 11.3 Å². The Balaban J connectivity index is 1.58. The summed E-state index contributed by atoms with van der Waals surface area (Å²) in [6, 6.07) is 19.8. The van der Waals surface area contributed by atoms with Crippen LogP contribution in [0.25, 0.3) is 0 Å². The third kappa shape index (κ3) is 6.21. The average molecular weight is 533 g/mol. The predicted molar refractivity (Wildman–Crippen MR) is 145 cm³/mol. The summed E-state index contributed by atoms with van der Waals surface area (Å²) in [4.78, 5) is 12.5. The fourth-order valence-electron chi connectivity index (χ4n) is 4.30. The van der Waals surface area contributed by atoms with E-state index in [1.54, 1.807) is 49.6 Å². The first kappa shape index (κ1) is 26.9.